The molecular weight excluding hydrogens is 863 g/mol. The van der Waals surface area contributed by atoms with Gasteiger partial charge in [-0.2, -0.15) is 0 Å². The van der Waals surface area contributed by atoms with Crippen molar-refractivity contribution in [1.82, 2.24) is 5.32 Å². The highest BCUT2D eigenvalue weighted by Crippen LogP contribution is 2.16. The highest BCUT2D eigenvalue weighted by molar-refractivity contribution is 5.76. The van der Waals surface area contributed by atoms with Gasteiger partial charge in [-0.1, -0.05) is 268 Å². The number of unbranched alkanes of at least 4 members (excludes halogenated alkanes) is 40. The van der Waals surface area contributed by atoms with Crippen molar-refractivity contribution < 1.29 is 24.5 Å². The Kier molecular flexibility index (Phi) is 57.5. The van der Waals surface area contributed by atoms with Crippen LogP contribution in [-0.4, -0.2) is 47.4 Å². The van der Waals surface area contributed by atoms with E-state index in [9.17, 15) is 19.8 Å². The van der Waals surface area contributed by atoms with Crippen molar-refractivity contribution in [3.05, 3.63) is 48.6 Å². The van der Waals surface area contributed by atoms with Gasteiger partial charge >= 0.3 is 5.97 Å². The van der Waals surface area contributed by atoms with Gasteiger partial charge in [0.05, 0.1) is 25.4 Å². The first-order chi connectivity index (χ1) is 34.5. The largest absolute Gasteiger partial charge is 0.466 e. The lowest BCUT2D eigenvalue weighted by atomic mass is 10.0. The van der Waals surface area contributed by atoms with Crippen molar-refractivity contribution in [2.45, 2.75) is 334 Å². The molecule has 3 N–H and O–H groups in total. The van der Waals surface area contributed by atoms with Gasteiger partial charge in [-0.3, -0.25) is 9.59 Å². The van der Waals surface area contributed by atoms with Crippen LogP contribution in [0.3, 0.4) is 0 Å². The number of amides is 1. The molecule has 0 fully saturated rings. The molecule has 0 aliphatic heterocycles. The second kappa shape index (κ2) is 59.4. The molecule has 0 aliphatic rings. The summed E-state index contributed by atoms with van der Waals surface area (Å²) in [6.07, 6.45) is 75.8. The van der Waals surface area contributed by atoms with Crippen LogP contribution in [-0.2, 0) is 14.3 Å². The lowest BCUT2D eigenvalue weighted by molar-refractivity contribution is -0.143. The molecular formula is C64H119NO5. The third-order valence-electron chi connectivity index (χ3n) is 14.1. The molecule has 6 nitrogen and oxygen atoms in total. The van der Waals surface area contributed by atoms with E-state index >= 15 is 0 Å². The average Bonchev–Trinajstić information content (AvgIpc) is 3.36. The van der Waals surface area contributed by atoms with E-state index in [0.29, 0.717) is 19.4 Å². The van der Waals surface area contributed by atoms with Crippen molar-refractivity contribution in [2.75, 3.05) is 13.2 Å². The molecule has 0 aliphatic carbocycles. The van der Waals surface area contributed by atoms with Gasteiger partial charge in [-0.05, 0) is 89.9 Å². The summed E-state index contributed by atoms with van der Waals surface area (Å²) in [5.41, 5.74) is 0. The minimum atomic E-state index is -0.846. The standard InChI is InChI=1S/C64H119NO5/c1-3-5-7-9-11-13-15-32-36-40-44-48-52-56-62(67)61(60-66)65-63(68)57-53-49-45-41-37-34-30-28-26-24-22-20-18-17-19-21-23-25-27-29-31-35-39-43-47-51-55-59-70-64(69)58-54-50-46-42-38-33-16-14-12-10-8-6-4-2/h14,16-18,21,23,52,56,61-62,66-67H,3-13,15,19-20,22,24-51,53-55,57-60H2,1-2H3,(H,65,68)/b16-14-,18-17-,23-21-,56-52+. The molecule has 0 saturated heterocycles. The van der Waals surface area contributed by atoms with E-state index in [0.717, 1.165) is 51.4 Å². The number of hydrogen-bond donors (Lipinski definition) is 3. The predicted octanol–water partition coefficient (Wildman–Crippen LogP) is 19.4. The number of hydrogen-bond acceptors (Lipinski definition) is 5. The zero-order valence-electron chi connectivity index (χ0n) is 46.7. The van der Waals surface area contributed by atoms with E-state index in [1.807, 2.05) is 6.08 Å². The zero-order chi connectivity index (χ0) is 50.7. The van der Waals surface area contributed by atoms with Crippen molar-refractivity contribution in [3.8, 4) is 0 Å². The van der Waals surface area contributed by atoms with Crippen LogP contribution in [0.2, 0.25) is 0 Å². The summed E-state index contributed by atoms with van der Waals surface area (Å²) in [6, 6.07) is -0.630. The number of nitrogens with one attached hydrogen (secondary N) is 1. The third-order valence-corrected chi connectivity index (χ3v) is 14.1. The first-order valence-corrected chi connectivity index (χ1v) is 30.9. The lowest BCUT2D eigenvalue weighted by Gasteiger charge is -2.20. The number of esters is 1. The number of rotatable bonds is 57. The highest BCUT2D eigenvalue weighted by atomic mass is 16.5. The summed E-state index contributed by atoms with van der Waals surface area (Å²) in [5, 5.41) is 23.1. The fourth-order valence-corrected chi connectivity index (χ4v) is 9.31. The zero-order valence-corrected chi connectivity index (χ0v) is 46.7. The Hall–Kier alpha value is -2.18. The van der Waals surface area contributed by atoms with Crippen LogP contribution in [0.4, 0.5) is 0 Å². The van der Waals surface area contributed by atoms with E-state index in [-0.39, 0.29) is 18.5 Å². The normalized spacial score (nSPS) is 12.9. The van der Waals surface area contributed by atoms with Crippen LogP contribution in [0, 0.1) is 0 Å². The number of carbonyl (C=O) groups excluding carboxylic acids is 2. The van der Waals surface area contributed by atoms with E-state index in [4.69, 9.17) is 4.74 Å². The average molecular weight is 983 g/mol. The summed E-state index contributed by atoms with van der Waals surface area (Å²) in [6.45, 7) is 4.88. The maximum absolute atomic E-state index is 12.4. The van der Waals surface area contributed by atoms with Gasteiger partial charge in [0.1, 0.15) is 0 Å². The van der Waals surface area contributed by atoms with Crippen LogP contribution in [0.5, 0.6) is 0 Å². The van der Waals surface area contributed by atoms with Crippen LogP contribution >= 0.6 is 0 Å². The number of aliphatic hydroxyl groups excluding tert-OH is 2. The summed E-state index contributed by atoms with van der Waals surface area (Å²) in [7, 11) is 0. The topological polar surface area (TPSA) is 95.9 Å². The lowest BCUT2D eigenvalue weighted by Crippen LogP contribution is -2.45. The van der Waals surface area contributed by atoms with Crippen molar-refractivity contribution >= 4 is 11.9 Å². The maximum atomic E-state index is 12.4. The third kappa shape index (κ3) is 55.1. The Balaban J connectivity index is 3.44. The van der Waals surface area contributed by atoms with Crippen LogP contribution in [0.25, 0.3) is 0 Å². The van der Waals surface area contributed by atoms with Gasteiger partial charge in [-0.15, -0.1) is 0 Å². The fourth-order valence-electron chi connectivity index (χ4n) is 9.31. The molecule has 2 unspecified atom stereocenters. The molecule has 0 radical (unpaired) electrons. The maximum Gasteiger partial charge on any atom is 0.305 e. The number of allylic oxidation sites excluding steroid dienone is 7. The van der Waals surface area contributed by atoms with Crippen molar-refractivity contribution in [1.29, 1.82) is 0 Å². The molecule has 0 heterocycles. The molecule has 1 amide bonds. The van der Waals surface area contributed by atoms with E-state index < -0.39 is 12.1 Å². The SMILES string of the molecule is CCCCCC/C=C\CCCCCCCC(=O)OCCCCCCCCCCC/C=C\C/C=C\CCCCCCCCCCCCCC(=O)NC(CO)C(O)/C=C/CCCCCCCCCCCCC. The van der Waals surface area contributed by atoms with Crippen LogP contribution in [0.15, 0.2) is 48.6 Å². The molecule has 0 bridgehead atoms. The van der Waals surface area contributed by atoms with E-state index in [2.05, 4.69) is 55.6 Å². The molecule has 0 saturated carbocycles. The second-order valence-electron chi connectivity index (χ2n) is 21.0. The van der Waals surface area contributed by atoms with Gasteiger partial charge in [-0.25, -0.2) is 0 Å². The molecule has 70 heavy (non-hydrogen) atoms. The van der Waals surface area contributed by atoms with Gasteiger partial charge in [0.15, 0.2) is 0 Å². The first kappa shape index (κ1) is 67.8. The minimum absolute atomic E-state index is 0.000540. The minimum Gasteiger partial charge on any atom is -0.466 e. The Morgan fingerprint density at radius 3 is 1.11 bits per heavy atom. The smallest absolute Gasteiger partial charge is 0.305 e. The Morgan fingerprint density at radius 1 is 0.400 bits per heavy atom. The predicted molar refractivity (Wildman–Crippen MR) is 306 cm³/mol. The van der Waals surface area contributed by atoms with Crippen molar-refractivity contribution in [3.63, 3.8) is 0 Å². The summed E-state index contributed by atoms with van der Waals surface area (Å²) >= 11 is 0. The Labute approximate surface area is 436 Å². The number of carbonyl (C=O) groups is 2. The molecule has 0 aromatic carbocycles. The van der Waals surface area contributed by atoms with Gasteiger partial charge in [0.2, 0.25) is 5.91 Å². The molecule has 0 aromatic heterocycles. The van der Waals surface area contributed by atoms with Crippen LogP contribution in [0.1, 0.15) is 322 Å². The molecule has 0 spiro atoms. The van der Waals surface area contributed by atoms with Gasteiger partial charge in [0.25, 0.3) is 0 Å². The monoisotopic (exact) mass is 982 g/mol. The second-order valence-corrected chi connectivity index (χ2v) is 21.0. The quantitative estimate of drug-likeness (QED) is 0.0321. The van der Waals surface area contributed by atoms with Crippen molar-refractivity contribution in [2.24, 2.45) is 0 Å². The van der Waals surface area contributed by atoms with E-state index in [1.54, 1.807) is 6.08 Å². The van der Waals surface area contributed by atoms with E-state index in [1.165, 1.54) is 244 Å². The fraction of sp³-hybridized carbons (Fsp3) is 0.844. The summed E-state index contributed by atoms with van der Waals surface area (Å²) < 4.78 is 5.47. The highest BCUT2D eigenvalue weighted by Gasteiger charge is 2.18. The molecule has 0 rings (SSSR count). The molecule has 0 aromatic rings. The molecule has 2 atom stereocenters. The Bertz CT molecular complexity index is 1180. The summed E-state index contributed by atoms with van der Waals surface area (Å²) in [5.74, 6) is -0.0709. The molecule has 410 valence electrons. The first-order valence-electron chi connectivity index (χ1n) is 30.9. The Morgan fingerprint density at radius 2 is 0.714 bits per heavy atom. The van der Waals surface area contributed by atoms with Gasteiger partial charge < -0.3 is 20.3 Å². The molecule has 6 heteroatoms. The van der Waals surface area contributed by atoms with Crippen LogP contribution < -0.4 is 5.32 Å². The number of aliphatic hydroxyl groups is 2. The number of ether oxygens (including phenoxy) is 1. The summed E-state index contributed by atoms with van der Waals surface area (Å²) in [4.78, 5) is 24.5. The van der Waals surface area contributed by atoms with Gasteiger partial charge in [0, 0.05) is 12.8 Å².